The standard InChI is InChI=1S/C21H28O2/c1-4-19(23-20(22)16-8-6-5-7-9-16)17-11-10-15-12-13-21(2,3)18(15)14-17/h5-9,14-15,18-19H,4,10-13H2,1-3H3. The van der Waals surface area contributed by atoms with Crippen LogP contribution in [0.3, 0.4) is 0 Å². The summed E-state index contributed by atoms with van der Waals surface area (Å²) in [7, 11) is 0. The molecule has 0 saturated heterocycles. The van der Waals surface area contributed by atoms with Crippen molar-refractivity contribution in [3.05, 3.63) is 47.5 Å². The molecule has 23 heavy (non-hydrogen) atoms. The summed E-state index contributed by atoms with van der Waals surface area (Å²) in [5.41, 5.74) is 2.37. The van der Waals surface area contributed by atoms with Crippen molar-refractivity contribution in [1.82, 2.24) is 0 Å². The zero-order valence-corrected chi connectivity index (χ0v) is 14.5. The molecule has 2 aliphatic carbocycles. The Labute approximate surface area is 139 Å². The van der Waals surface area contributed by atoms with Crippen LogP contribution in [0.25, 0.3) is 0 Å². The van der Waals surface area contributed by atoms with Crippen LogP contribution in [0.2, 0.25) is 0 Å². The molecule has 0 radical (unpaired) electrons. The van der Waals surface area contributed by atoms with E-state index in [1.54, 1.807) is 0 Å². The highest BCUT2D eigenvalue weighted by Crippen LogP contribution is 2.52. The lowest BCUT2D eigenvalue weighted by atomic mass is 9.72. The molecular formula is C21H28O2. The number of rotatable bonds is 4. The van der Waals surface area contributed by atoms with Crippen LogP contribution in [0.15, 0.2) is 42.0 Å². The lowest BCUT2D eigenvalue weighted by molar-refractivity contribution is 0.0352. The normalized spacial score (nSPS) is 27.0. The predicted molar refractivity (Wildman–Crippen MR) is 93.2 cm³/mol. The molecule has 3 rings (SSSR count). The summed E-state index contributed by atoms with van der Waals surface area (Å²) in [6.45, 7) is 6.87. The number of allylic oxidation sites excluding steroid dienone is 1. The van der Waals surface area contributed by atoms with Gasteiger partial charge in [-0.05, 0) is 67.1 Å². The first kappa shape index (κ1) is 16.3. The first-order chi connectivity index (χ1) is 11.0. The first-order valence-electron chi connectivity index (χ1n) is 8.98. The number of carbonyl (C=O) groups is 1. The molecule has 3 unspecified atom stereocenters. The summed E-state index contributed by atoms with van der Waals surface area (Å²) >= 11 is 0. The van der Waals surface area contributed by atoms with E-state index in [9.17, 15) is 4.79 Å². The van der Waals surface area contributed by atoms with Gasteiger partial charge >= 0.3 is 5.97 Å². The van der Waals surface area contributed by atoms with Crippen LogP contribution in [0.5, 0.6) is 0 Å². The van der Waals surface area contributed by atoms with E-state index in [-0.39, 0.29) is 12.1 Å². The molecule has 0 spiro atoms. The quantitative estimate of drug-likeness (QED) is 0.550. The van der Waals surface area contributed by atoms with E-state index in [4.69, 9.17) is 4.74 Å². The molecule has 2 heteroatoms. The minimum absolute atomic E-state index is 0.0694. The summed E-state index contributed by atoms with van der Waals surface area (Å²) in [5, 5.41) is 0. The van der Waals surface area contributed by atoms with Crippen molar-refractivity contribution in [2.24, 2.45) is 17.3 Å². The molecule has 0 aromatic heterocycles. The van der Waals surface area contributed by atoms with Crippen LogP contribution in [-0.2, 0) is 4.74 Å². The third-order valence-corrected chi connectivity index (χ3v) is 5.81. The van der Waals surface area contributed by atoms with Crippen LogP contribution in [0.1, 0.15) is 63.2 Å². The van der Waals surface area contributed by atoms with Crippen LogP contribution in [0.4, 0.5) is 0 Å². The molecule has 1 aromatic carbocycles. The minimum atomic E-state index is -0.203. The maximum absolute atomic E-state index is 12.4. The molecule has 0 heterocycles. The van der Waals surface area contributed by atoms with Crippen molar-refractivity contribution in [2.45, 2.75) is 59.0 Å². The lowest BCUT2D eigenvalue weighted by Gasteiger charge is -2.34. The van der Waals surface area contributed by atoms with Crippen LogP contribution in [-0.4, -0.2) is 12.1 Å². The molecular weight excluding hydrogens is 284 g/mol. The molecule has 3 atom stereocenters. The van der Waals surface area contributed by atoms with Gasteiger partial charge in [0.2, 0.25) is 0 Å². The maximum atomic E-state index is 12.4. The van der Waals surface area contributed by atoms with Gasteiger partial charge in [-0.25, -0.2) is 4.79 Å². The first-order valence-corrected chi connectivity index (χ1v) is 8.98. The molecule has 124 valence electrons. The Morgan fingerprint density at radius 2 is 2.00 bits per heavy atom. The van der Waals surface area contributed by atoms with Crippen molar-refractivity contribution in [3.8, 4) is 0 Å². The third kappa shape index (κ3) is 3.36. The van der Waals surface area contributed by atoms with Gasteiger partial charge in [0.15, 0.2) is 0 Å². The predicted octanol–water partition coefficient (Wildman–Crippen LogP) is 5.39. The van der Waals surface area contributed by atoms with E-state index in [1.807, 2.05) is 30.3 Å². The van der Waals surface area contributed by atoms with E-state index in [0.29, 0.717) is 16.9 Å². The second kappa shape index (κ2) is 6.51. The van der Waals surface area contributed by atoms with Gasteiger partial charge in [0.1, 0.15) is 6.10 Å². The summed E-state index contributed by atoms with van der Waals surface area (Å²) in [5.74, 6) is 1.28. The molecule has 1 fully saturated rings. The van der Waals surface area contributed by atoms with Crippen molar-refractivity contribution in [1.29, 1.82) is 0 Å². The van der Waals surface area contributed by atoms with Crippen LogP contribution in [0, 0.1) is 17.3 Å². The monoisotopic (exact) mass is 312 g/mol. The Kier molecular flexibility index (Phi) is 4.61. The summed E-state index contributed by atoms with van der Waals surface area (Å²) in [4.78, 5) is 12.4. The van der Waals surface area contributed by atoms with Gasteiger partial charge in [-0.1, -0.05) is 45.0 Å². The fourth-order valence-corrected chi connectivity index (χ4v) is 4.35. The van der Waals surface area contributed by atoms with Gasteiger partial charge < -0.3 is 4.74 Å². The van der Waals surface area contributed by atoms with Crippen LogP contribution < -0.4 is 0 Å². The van der Waals surface area contributed by atoms with Gasteiger partial charge in [-0.15, -0.1) is 0 Å². The van der Waals surface area contributed by atoms with Crippen molar-refractivity contribution in [2.75, 3.05) is 0 Å². The number of esters is 1. The van der Waals surface area contributed by atoms with Gasteiger partial charge in [0, 0.05) is 0 Å². The van der Waals surface area contributed by atoms with Crippen molar-refractivity contribution >= 4 is 5.97 Å². The fourth-order valence-electron chi connectivity index (χ4n) is 4.35. The second-order valence-electron chi connectivity index (χ2n) is 7.76. The number of fused-ring (bicyclic) bond motifs is 1. The van der Waals surface area contributed by atoms with Gasteiger partial charge in [-0.2, -0.15) is 0 Å². The maximum Gasteiger partial charge on any atom is 0.338 e. The Balaban J connectivity index is 1.75. The summed E-state index contributed by atoms with van der Waals surface area (Å²) < 4.78 is 5.83. The second-order valence-corrected chi connectivity index (χ2v) is 7.76. The highest BCUT2D eigenvalue weighted by atomic mass is 16.5. The fraction of sp³-hybridized carbons (Fsp3) is 0.571. The number of hydrogen-bond donors (Lipinski definition) is 0. The van der Waals surface area contributed by atoms with Gasteiger partial charge in [0.05, 0.1) is 5.56 Å². The van der Waals surface area contributed by atoms with E-state index in [2.05, 4.69) is 26.8 Å². The van der Waals surface area contributed by atoms with Gasteiger partial charge in [-0.3, -0.25) is 0 Å². The molecule has 0 amide bonds. The van der Waals surface area contributed by atoms with Crippen molar-refractivity contribution < 1.29 is 9.53 Å². The van der Waals surface area contributed by atoms with E-state index in [0.717, 1.165) is 18.8 Å². The van der Waals surface area contributed by atoms with Crippen molar-refractivity contribution in [3.63, 3.8) is 0 Å². The average molecular weight is 312 g/mol. The molecule has 2 aliphatic rings. The lowest BCUT2D eigenvalue weighted by Crippen LogP contribution is -2.28. The minimum Gasteiger partial charge on any atom is -0.454 e. The topological polar surface area (TPSA) is 26.3 Å². The Bertz CT molecular complexity index is 585. The zero-order chi connectivity index (χ0) is 16.4. The van der Waals surface area contributed by atoms with E-state index < -0.39 is 0 Å². The third-order valence-electron chi connectivity index (χ3n) is 5.81. The zero-order valence-electron chi connectivity index (χ0n) is 14.5. The number of hydrogen-bond acceptors (Lipinski definition) is 2. The van der Waals surface area contributed by atoms with Crippen LogP contribution >= 0.6 is 0 Å². The summed E-state index contributed by atoms with van der Waals surface area (Å²) in [6, 6.07) is 9.31. The SMILES string of the molecule is CCC(OC(=O)c1ccccc1)C1=CC2C(CC1)CCC2(C)C. The number of ether oxygens (including phenoxy) is 1. The Morgan fingerprint density at radius 3 is 2.70 bits per heavy atom. The molecule has 0 N–H and O–H groups in total. The Morgan fingerprint density at radius 1 is 1.26 bits per heavy atom. The molecule has 0 aliphatic heterocycles. The average Bonchev–Trinajstić information content (AvgIpc) is 2.88. The smallest absolute Gasteiger partial charge is 0.338 e. The summed E-state index contributed by atoms with van der Waals surface area (Å²) in [6.07, 6.45) is 8.22. The molecule has 2 nitrogen and oxygen atoms in total. The number of carbonyl (C=O) groups excluding carboxylic acids is 1. The molecule has 0 bridgehead atoms. The molecule has 1 saturated carbocycles. The molecule has 1 aromatic rings. The largest absolute Gasteiger partial charge is 0.454 e. The Hall–Kier alpha value is -1.57. The van der Waals surface area contributed by atoms with E-state index in [1.165, 1.54) is 24.8 Å². The van der Waals surface area contributed by atoms with Gasteiger partial charge in [0.25, 0.3) is 0 Å². The highest BCUT2D eigenvalue weighted by Gasteiger charge is 2.42. The highest BCUT2D eigenvalue weighted by molar-refractivity contribution is 5.89. The number of benzene rings is 1. The van der Waals surface area contributed by atoms with E-state index >= 15 is 0 Å².